The molecule has 0 aromatic rings. The number of nitrogens with zero attached hydrogens (tertiary/aromatic N) is 1. The number of carbonyl (C=O) groups excluding carboxylic acids is 1. The summed E-state index contributed by atoms with van der Waals surface area (Å²) in [6.45, 7) is 6.70. The average molecular weight is 286 g/mol. The van der Waals surface area contributed by atoms with Gasteiger partial charge in [0.05, 0.1) is 5.54 Å². The summed E-state index contributed by atoms with van der Waals surface area (Å²) in [6.07, 6.45) is 2.03. The summed E-state index contributed by atoms with van der Waals surface area (Å²) in [5.41, 5.74) is 4.96. The number of carbonyl (C=O) groups is 1. The van der Waals surface area contributed by atoms with Gasteiger partial charge < -0.3 is 16.0 Å². The highest BCUT2D eigenvalue weighted by atomic mass is 35.5. The lowest BCUT2D eigenvalue weighted by atomic mass is 9.97. The minimum absolute atomic E-state index is 0. The van der Waals surface area contributed by atoms with Crippen LogP contribution in [-0.4, -0.2) is 42.0 Å². The second kappa shape index (κ2) is 7.41. The molecule has 1 aliphatic rings. The van der Waals surface area contributed by atoms with Crippen molar-refractivity contribution in [3.05, 3.63) is 0 Å². The molecule has 3 N–H and O–H groups in total. The van der Waals surface area contributed by atoms with Crippen molar-refractivity contribution in [2.24, 2.45) is 5.73 Å². The molecule has 4 nitrogen and oxygen atoms in total. The Balaban J connectivity index is 0. The minimum Gasteiger partial charge on any atom is -0.352 e. The molecule has 1 heterocycles. The van der Waals surface area contributed by atoms with Crippen LogP contribution < -0.4 is 11.1 Å². The third-order valence-electron chi connectivity index (χ3n) is 3.13. The Bertz CT molecular complexity index is 243. The molecule has 0 radical (unpaired) electrons. The molecule has 2 unspecified atom stereocenters. The zero-order chi connectivity index (χ0) is 11.6. The molecule has 0 aromatic carbocycles. The summed E-state index contributed by atoms with van der Waals surface area (Å²) >= 11 is 0. The summed E-state index contributed by atoms with van der Waals surface area (Å²) in [7, 11) is 2.12. The summed E-state index contributed by atoms with van der Waals surface area (Å²) in [5.74, 6) is -0.0516. The smallest absolute Gasteiger partial charge is 0.239 e. The first-order chi connectivity index (χ1) is 6.80. The number of hydrogen-bond donors (Lipinski definition) is 2. The average Bonchev–Trinajstić information content (AvgIpc) is 2.10. The Labute approximate surface area is 117 Å². The zero-order valence-electron chi connectivity index (χ0n) is 11.0. The van der Waals surface area contributed by atoms with Gasteiger partial charge in [-0.25, -0.2) is 0 Å². The highest BCUT2D eigenvalue weighted by Crippen LogP contribution is 2.15. The minimum atomic E-state index is -0.771. The lowest BCUT2D eigenvalue weighted by molar-refractivity contribution is -0.126. The van der Waals surface area contributed by atoms with Gasteiger partial charge >= 0.3 is 0 Å². The lowest BCUT2D eigenvalue weighted by Crippen LogP contribution is -2.55. The predicted molar refractivity (Wildman–Crippen MR) is 76.0 cm³/mol. The first kappa shape index (κ1) is 19.3. The van der Waals surface area contributed by atoms with Crippen LogP contribution in [0.1, 0.15) is 33.6 Å². The maximum Gasteiger partial charge on any atom is 0.239 e. The molecule has 0 aliphatic carbocycles. The molecule has 0 spiro atoms. The molecule has 0 saturated carbocycles. The molecule has 1 fully saturated rings. The molecule has 6 heteroatoms. The van der Waals surface area contributed by atoms with Crippen LogP contribution in [0.4, 0.5) is 0 Å². The van der Waals surface area contributed by atoms with Gasteiger partial charge in [-0.2, -0.15) is 0 Å². The Kier molecular flexibility index (Phi) is 8.42. The molecule has 1 aliphatic heterocycles. The predicted octanol–water partition coefficient (Wildman–Crippen LogP) is 1.17. The molecule has 17 heavy (non-hydrogen) atoms. The van der Waals surface area contributed by atoms with E-state index in [0.29, 0.717) is 6.04 Å². The molecule has 2 atom stereocenters. The molecule has 0 aromatic heterocycles. The van der Waals surface area contributed by atoms with E-state index in [9.17, 15) is 4.79 Å². The number of nitrogens with two attached hydrogens (primary N) is 1. The number of likely N-dealkylation sites (tertiary alicyclic amines) is 1. The van der Waals surface area contributed by atoms with Crippen LogP contribution >= 0.6 is 24.8 Å². The van der Waals surface area contributed by atoms with E-state index in [2.05, 4.69) is 24.2 Å². The van der Waals surface area contributed by atoms with Gasteiger partial charge in [0.2, 0.25) is 5.91 Å². The molecular formula is C11H25Cl2N3O. The molecule has 1 amide bonds. The number of amides is 1. The van der Waals surface area contributed by atoms with Gasteiger partial charge in [0.15, 0.2) is 0 Å². The van der Waals surface area contributed by atoms with E-state index >= 15 is 0 Å². The largest absolute Gasteiger partial charge is 0.352 e. The van der Waals surface area contributed by atoms with Crippen molar-refractivity contribution in [1.29, 1.82) is 0 Å². The Morgan fingerprint density at radius 3 is 2.35 bits per heavy atom. The number of halogens is 2. The molecule has 0 bridgehead atoms. The van der Waals surface area contributed by atoms with Gasteiger partial charge in [-0.05, 0) is 40.7 Å². The van der Waals surface area contributed by atoms with Crippen molar-refractivity contribution in [3.63, 3.8) is 0 Å². The third kappa shape index (κ3) is 5.91. The van der Waals surface area contributed by atoms with Gasteiger partial charge in [-0.3, -0.25) is 4.79 Å². The monoisotopic (exact) mass is 285 g/mol. The Morgan fingerprint density at radius 2 is 1.94 bits per heavy atom. The molecule has 1 rings (SSSR count). The summed E-state index contributed by atoms with van der Waals surface area (Å²) in [4.78, 5) is 14.0. The van der Waals surface area contributed by atoms with Crippen molar-refractivity contribution in [2.75, 3.05) is 13.6 Å². The standard InChI is InChI=1S/C11H23N3O.2ClH/c1-8-7-9(5-6-14(8)4)13-10(15)11(2,3)12;;/h8-9H,5-7,12H2,1-4H3,(H,13,15);2*1H. The Morgan fingerprint density at radius 1 is 1.41 bits per heavy atom. The van der Waals surface area contributed by atoms with E-state index in [0.717, 1.165) is 19.4 Å². The van der Waals surface area contributed by atoms with Crippen LogP contribution in [0.3, 0.4) is 0 Å². The maximum absolute atomic E-state index is 11.7. The van der Waals surface area contributed by atoms with Gasteiger partial charge in [0.1, 0.15) is 0 Å². The summed E-state index contributed by atoms with van der Waals surface area (Å²) in [5, 5.41) is 3.02. The number of nitrogens with one attached hydrogen (secondary N) is 1. The first-order valence-corrected chi connectivity index (χ1v) is 5.61. The number of rotatable bonds is 2. The van der Waals surface area contributed by atoms with E-state index in [-0.39, 0.29) is 36.8 Å². The quantitative estimate of drug-likeness (QED) is 0.801. The van der Waals surface area contributed by atoms with Gasteiger partial charge in [-0.1, -0.05) is 0 Å². The zero-order valence-corrected chi connectivity index (χ0v) is 12.7. The van der Waals surface area contributed by atoms with Crippen LogP contribution in [0.15, 0.2) is 0 Å². The normalized spacial score (nSPS) is 25.5. The maximum atomic E-state index is 11.7. The van der Waals surface area contributed by atoms with Crippen molar-refractivity contribution < 1.29 is 4.79 Å². The van der Waals surface area contributed by atoms with Crippen LogP contribution in [0, 0.1) is 0 Å². The van der Waals surface area contributed by atoms with Crippen LogP contribution in [0.5, 0.6) is 0 Å². The molecule has 1 saturated heterocycles. The highest BCUT2D eigenvalue weighted by molar-refractivity contribution is 5.86. The van der Waals surface area contributed by atoms with E-state index < -0.39 is 5.54 Å². The van der Waals surface area contributed by atoms with Crippen LogP contribution in [0.2, 0.25) is 0 Å². The van der Waals surface area contributed by atoms with Gasteiger partial charge in [0.25, 0.3) is 0 Å². The van der Waals surface area contributed by atoms with Gasteiger partial charge in [0, 0.05) is 18.6 Å². The SMILES string of the molecule is CC1CC(NC(=O)C(C)(C)N)CCN1C.Cl.Cl. The second-order valence-electron chi connectivity index (χ2n) is 5.25. The summed E-state index contributed by atoms with van der Waals surface area (Å²) in [6, 6.07) is 0.816. The van der Waals surface area contributed by atoms with Gasteiger partial charge in [-0.15, -0.1) is 24.8 Å². The van der Waals surface area contributed by atoms with E-state index in [1.807, 2.05) is 0 Å². The summed E-state index contributed by atoms with van der Waals surface area (Å²) < 4.78 is 0. The molecular weight excluding hydrogens is 261 g/mol. The van der Waals surface area contributed by atoms with Crippen molar-refractivity contribution >= 4 is 30.7 Å². The lowest BCUT2D eigenvalue weighted by Gasteiger charge is -2.36. The van der Waals surface area contributed by atoms with Crippen molar-refractivity contribution in [3.8, 4) is 0 Å². The number of piperidine rings is 1. The Hall–Kier alpha value is -0.0300. The van der Waals surface area contributed by atoms with E-state index in [1.165, 1.54) is 0 Å². The molecule has 104 valence electrons. The highest BCUT2D eigenvalue weighted by Gasteiger charge is 2.28. The van der Waals surface area contributed by atoms with E-state index in [4.69, 9.17) is 5.73 Å². The van der Waals surface area contributed by atoms with Crippen LogP contribution in [-0.2, 0) is 4.79 Å². The topological polar surface area (TPSA) is 58.4 Å². The fourth-order valence-corrected chi connectivity index (χ4v) is 1.79. The van der Waals surface area contributed by atoms with Crippen LogP contribution in [0.25, 0.3) is 0 Å². The fraction of sp³-hybridized carbons (Fsp3) is 0.909. The third-order valence-corrected chi connectivity index (χ3v) is 3.13. The van der Waals surface area contributed by atoms with E-state index in [1.54, 1.807) is 13.8 Å². The fourth-order valence-electron chi connectivity index (χ4n) is 1.79. The van der Waals surface area contributed by atoms with Crippen molar-refractivity contribution in [2.45, 2.75) is 51.2 Å². The van der Waals surface area contributed by atoms with Crippen molar-refractivity contribution in [1.82, 2.24) is 10.2 Å². The first-order valence-electron chi connectivity index (χ1n) is 5.61. The number of hydrogen-bond acceptors (Lipinski definition) is 3. The second-order valence-corrected chi connectivity index (χ2v) is 5.25.